The molecule has 3 rings (SSSR count). The molecular formula is C18H20F3N3O2. The van der Waals surface area contributed by atoms with Crippen molar-refractivity contribution >= 4 is 5.91 Å². The van der Waals surface area contributed by atoms with Gasteiger partial charge in [0.05, 0.1) is 17.2 Å². The number of aryl methyl sites for hydroxylation is 1. The third-order valence-electron chi connectivity index (χ3n) is 4.61. The highest BCUT2D eigenvalue weighted by Gasteiger charge is 2.31. The summed E-state index contributed by atoms with van der Waals surface area (Å²) >= 11 is 0. The Morgan fingerprint density at radius 3 is 2.88 bits per heavy atom. The van der Waals surface area contributed by atoms with Crippen LogP contribution in [0.1, 0.15) is 29.9 Å². The summed E-state index contributed by atoms with van der Waals surface area (Å²) in [7, 11) is 0. The molecule has 1 aliphatic heterocycles. The van der Waals surface area contributed by atoms with Gasteiger partial charge in [-0.1, -0.05) is 6.07 Å². The maximum Gasteiger partial charge on any atom is 0.416 e. The number of rotatable bonds is 4. The van der Waals surface area contributed by atoms with Crippen LogP contribution in [0.5, 0.6) is 0 Å². The number of amides is 1. The molecule has 1 atom stereocenters. The van der Waals surface area contributed by atoms with E-state index in [0.717, 1.165) is 31.5 Å². The normalized spacial score (nSPS) is 18.8. The van der Waals surface area contributed by atoms with E-state index in [1.54, 1.807) is 6.92 Å². The van der Waals surface area contributed by atoms with Gasteiger partial charge in [0.25, 0.3) is 0 Å². The van der Waals surface area contributed by atoms with Gasteiger partial charge in [-0.15, -0.1) is 0 Å². The highest BCUT2D eigenvalue weighted by atomic mass is 19.4. The van der Waals surface area contributed by atoms with Crippen LogP contribution in [-0.2, 0) is 17.5 Å². The number of hydrogen-bond donors (Lipinski definition) is 1. The monoisotopic (exact) mass is 367 g/mol. The molecule has 0 saturated carbocycles. The molecule has 140 valence electrons. The molecule has 0 unspecified atom stereocenters. The Balaban J connectivity index is 1.78. The molecule has 0 aliphatic carbocycles. The minimum atomic E-state index is -4.42. The molecule has 26 heavy (non-hydrogen) atoms. The largest absolute Gasteiger partial charge is 0.441 e. The molecule has 0 bridgehead atoms. The van der Waals surface area contributed by atoms with E-state index in [9.17, 15) is 18.0 Å². The number of nitrogens with zero attached hydrogens (tertiary/aromatic N) is 2. The van der Waals surface area contributed by atoms with Crippen LogP contribution in [0.2, 0.25) is 0 Å². The first-order valence-electron chi connectivity index (χ1n) is 8.39. The maximum absolute atomic E-state index is 12.9. The highest BCUT2D eigenvalue weighted by molar-refractivity contribution is 5.76. The van der Waals surface area contributed by atoms with Gasteiger partial charge in [-0.2, -0.15) is 13.2 Å². The van der Waals surface area contributed by atoms with Gasteiger partial charge in [-0.25, -0.2) is 4.98 Å². The lowest BCUT2D eigenvalue weighted by Gasteiger charge is -2.30. The van der Waals surface area contributed by atoms with Crippen LogP contribution < -0.4 is 5.73 Å². The second-order valence-corrected chi connectivity index (χ2v) is 6.58. The van der Waals surface area contributed by atoms with Gasteiger partial charge in [0, 0.05) is 18.7 Å². The number of alkyl halides is 3. The lowest BCUT2D eigenvalue weighted by atomic mass is 9.97. The summed E-state index contributed by atoms with van der Waals surface area (Å²) in [6.07, 6.45) is -2.78. The minimum absolute atomic E-state index is 0.159. The summed E-state index contributed by atoms with van der Waals surface area (Å²) in [4.78, 5) is 17.8. The Morgan fingerprint density at radius 2 is 2.19 bits per heavy atom. The second kappa shape index (κ2) is 7.11. The summed E-state index contributed by atoms with van der Waals surface area (Å²) in [5, 5.41) is 0. The van der Waals surface area contributed by atoms with Crippen LogP contribution in [-0.4, -0.2) is 28.9 Å². The molecule has 1 aromatic heterocycles. The number of nitrogens with two attached hydrogens (primary N) is 1. The van der Waals surface area contributed by atoms with Crippen LogP contribution in [0, 0.1) is 12.8 Å². The molecule has 1 aromatic carbocycles. The van der Waals surface area contributed by atoms with Crippen molar-refractivity contribution in [1.82, 2.24) is 9.88 Å². The van der Waals surface area contributed by atoms with E-state index < -0.39 is 11.7 Å². The highest BCUT2D eigenvalue weighted by Crippen LogP contribution is 2.32. The van der Waals surface area contributed by atoms with Crippen molar-refractivity contribution < 1.29 is 22.4 Å². The molecule has 1 aliphatic rings. The average Bonchev–Trinajstić information content (AvgIpc) is 2.95. The predicted molar refractivity (Wildman–Crippen MR) is 88.9 cm³/mol. The molecule has 1 saturated heterocycles. The SMILES string of the molecule is Cc1oc(-c2cccc(C(F)(F)F)c2)nc1CN1CCC[C@@H](C(N)=O)C1. The summed E-state index contributed by atoms with van der Waals surface area (Å²) in [5.74, 6) is 0.223. The molecule has 1 amide bonds. The number of halogens is 3. The van der Waals surface area contributed by atoms with Gasteiger partial charge < -0.3 is 10.2 Å². The average molecular weight is 367 g/mol. The Hall–Kier alpha value is -2.35. The summed E-state index contributed by atoms with van der Waals surface area (Å²) in [6, 6.07) is 4.91. The Bertz CT molecular complexity index is 801. The molecule has 2 N–H and O–H groups in total. The van der Waals surface area contributed by atoms with Crippen molar-refractivity contribution in [1.29, 1.82) is 0 Å². The fourth-order valence-corrected chi connectivity index (χ4v) is 3.17. The molecular weight excluding hydrogens is 347 g/mol. The number of benzene rings is 1. The fourth-order valence-electron chi connectivity index (χ4n) is 3.17. The zero-order chi connectivity index (χ0) is 18.9. The number of primary amides is 1. The number of oxazole rings is 1. The van der Waals surface area contributed by atoms with Gasteiger partial charge in [-0.3, -0.25) is 9.69 Å². The van der Waals surface area contributed by atoms with Gasteiger partial charge in [0.2, 0.25) is 11.8 Å². The topological polar surface area (TPSA) is 72.4 Å². The van der Waals surface area contributed by atoms with Gasteiger partial charge in [0.1, 0.15) is 5.76 Å². The lowest BCUT2D eigenvalue weighted by Crippen LogP contribution is -2.40. The number of hydrogen-bond acceptors (Lipinski definition) is 4. The molecule has 0 spiro atoms. The second-order valence-electron chi connectivity index (χ2n) is 6.58. The molecule has 1 fully saturated rings. The third kappa shape index (κ3) is 4.07. The first-order valence-corrected chi connectivity index (χ1v) is 8.39. The van der Waals surface area contributed by atoms with Gasteiger partial charge >= 0.3 is 6.18 Å². The van der Waals surface area contributed by atoms with Crippen molar-refractivity contribution in [2.75, 3.05) is 13.1 Å². The first-order chi connectivity index (χ1) is 12.2. The lowest BCUT2D eigenvalue weighted by molar-refractivity contribution is -0.137. The van der Waals surface area contributed by atoms with E-state index >= 15 is 0 Å². The molecule has 0 radical (unpaired) electrons. The van der Waals surface area contributed by atoms with Crippen molar-refractivity contribution in [2.24, 2.45) is 11.7 Å². The standard InChI is InChI=1S/C18H20F3N3O2/c1-11-15(10-24-7-3-5-13(9-24)16(22)25)23-17(26-11)12-4-2-6-14(8-12)18(19,20)21/h2,4,6,8,13H,3,5,7,9-10H2,1H3,(H2,22,25)/t13-/m1/s1. The van der Waals surface area contributed by atoms with Crippen LogP contribution in [0.4, 0.5) is 13.2 Å². The molecule has 8 heteroatoms. The number of piperidine rings is 1. The summed E-state index contributed by atoms with van der Waals surface area (Å²) in [5.41, 5.74) is 5.58. The van der Waals surface area contributed by atoms with Gasteiger partial charge in [0.15, 0.2) is 0 Å². The quantitative estimate of drug-likeness (QED) is 0.899. The molecule has 2 heterocycles. The van der Waals surface area contributed by atoms with Crippen LogP contribution >= 0.6 is 0 Å². The van der Waals surface area contributed by atoms with E-state index in [1.807, 2.05) is 0 Å². The molecule has 5 nitrogen and oxygen atoms in total. The summed E-state index contributed by atoms with van der Waals surface area (Å²) < 4.78 is 44.2. The number of aromatic nitrogens is 1. The Morgan fingerprint density at radius 1 is 1.42 bits per heavy atom. The zero-order valence-corrected chi connectivity index (χ0v) is 14.3. The third-order valence-corrected chi connectivity index (χ3v) is 4.61. The van der Waals surface area contributed by atoms with Crippen LogP contribution in [0.25, 0.3) is 11.5 Å². The predicted octanol–water partition coefficient (Wildman–Crippen LogP) is 3.37. The van der Waals surface area contributed by atoms with E-state index in [1.165, 1.54) is 12.1 Å². The Kier molecular flexibility index (Phi) is 5.04. The van der Waals surface area contributed by atoms with E-state index in [0.29, 0.717) is 24.5 Å². The minimum Gasteiger partial charge on any atom is -0.441 e. The van der Waals surface area contributed by atoms with Crippen molar-refractivity contribution in [2.45, 2.75) is 32.5 Å². The maximum atomic E-state index is 12.9. The van der Waals surface area contributed by atoms with E-state index in [-0.39, 0.29) is 23.3 Å². The van der Waals surface area contributed by atoms with Crippen molar-refractivity contribution in [3.63, 3.8) is 0 Å². The molecule has 2 aromatic rings. The Labute approximate surface area is 149 Å². The number of carbonyl (C=O) groups excluding carboxylic acids is 1. The zero-order valence-electron chi connectivity index (χ0n) is 14.3. The number of likely N-dealkylation sites (tertiary alicyclic amines) is 1. The summed E-state index contributed by atoms with van der Waals surface area (Å²) in [6.45, 7) is 3.57. The first kappa shape index (κ1) is 18.4. The number of carbonyl (C=O) groups is 1. The van der Waals surface area contributed by atoms with Crippen molar-refractivity contribution in [3.8, 4) is 11.5 Å². The van der Waals surface area contributed by atoms with Crippen LogP contribution in [0.15, 0.2) is 28.7 Å². The smallest absolute Gasteiger partial charge is 0.416 e. The fraction of sp³-hybridized carbons (Fsp3) is 0.444. The van der Waals surface area contributed by atoms with Gasteiger partial charge in [-0.05, 0) is 44.5 Å². The van der Waals surface area contributed by atoms with E-state index in [4.69, 9.17) is 10.2 Å². The van der Waals surface area contributed by atoms with Crippen molar-refractivity contribution in [3.05, 3.63) is 41.3 Å². The van der Waals surface area contributed by atoms with E-state index in [2.05, 4.69) is 9.88 Å². The van der Waals surface area contributed by atoms with Crippen LogP contribution in [0.3, 0.4) is 0 Å².